The average Bonchev–Trinajstić information content (AvgIpc) is 3.09. The van der Waals surface area contributed by atoms with Gasteiger partial charge in [0.05, 0.1) is 0 Å². The number of nitrogens with one attached hydrogen (secondary N) is 1. The molecule has 0 saturated carbocycles. The number of benzene rings is 1. The van der Waals surface area contributed by atoms with E-state index < -0.39 is 22.7 Å². The molecule has 1 aliphatic rings. The standard InChI is InChI=1S/C18H21NO5S/c1-12(20)25-18(2,11-15(21)13-7-4-3-5-8-13)17(23)24-16(22)14-9-6-10-19-14/h3-5,7-8,14,19H,6,9-11H2,1-2H3/t14-,18?/m0/s1. The highest BCUT2D eigenvalue weighted by molar-refractivity contribution is 8.15. The molecule has 0 amide bonds. The van der Waals surface area contributed by atoms with Crippen LogP contribution in [-0.2, 0) is 19.1 Å². The largest absolute Gasteiger partial charge is 0.391 e. The van der Waals surface area contributed by atoms with Crippen LogP contribution in [0.4, 0.5) is 0 Å². The van der Waals surface area contributed by atoms with Crippen molar-refractivity contribution >= 4 is 34.6 Å². The van der Waals surface area contributed by atoms with Gasteiger partial charge in [-0.2, -0.15) is 0 Å². The SMILES string of the molecule is CC(=O)SC(C)(CC(=O)c1ccccc1)C(=O)OC(=O)[C@@H]1CCCN1. The predicted octanol–water partition coefficient (Wildman–Crippen LogP) is 2.12. The van der Waals surface area contributed by atoms with Crippen LogP contribution in [0, 0.1) is 0 Å². The summed E-state index contributed by atoms with van der Waals surface area (Å²) in [7, 11) is 0. The van der Waals surface area contributed by atoms with Crippen molar-refractivity contribution in [3.05, 3.63) is 35.9 Å². The highest BCUT2D eigenvalue weighted by atomic mass is 32.2. The second-order valence-electron chi connectivity index (χ2n) is 6.15. The number of hydrogen-bond donors (Lipinski definition) is 1. The number of hydrogen-bond acceptors (Lipinski definition) is 7. The van der Waals surface area contributed by atoms with E-state index in [1.165, 1.54) is 13.8 Å². The molecule has 6 nitrogen and oxygen atoms in total. The third kappa shape index (κ3) is 5.24. The Morgan fingerprint density at radius 1 is 1.24 bits per heavy atom. The van der Waals surface area contributed by atoms with Crippen LogP contribution in [-0.4, -0.2) is 40.2 Å². The first-order valence-corrected chi connectivity index (χ1v) is 8.91. The number of carbonyl (C=O) groups excluding carboxylic acids is 4. The second-order valence-corrected chi connectivity index (χ2v) is 7.83. The predicted molar refractivity (Wildman–Crippen MR) is 94.2 cm³/mol. The molecule has 1 heterocycles. The molecular formula is C18H21NO5S. The normalized spacial score (nSPS) is 19.0. The molecule has 2 rings (SSSR count). The van der Waals surface area contributed by atoms with Crippen molar-refractivity contribution < 1.29 is 23.9 Å². The fourth-order valence-electron chi connectivity index (χ4n) is 2.66. The number of thioether (sulfide) groups is 1. The van der Waals surface area contributed by atoms with Gasteiger partial charge in [-0.25, -0.2) is 4.79 Å². The molecule has 0 aromatic heterocycles. The number of esters is 2. The van der Waals surface area contributed by atoms with Crippen LogP contribution in [0.2, 0.25) is 0 Å². The van der Waals surface area contributed by atoms with Crippen LogP contribution in [0.3, 0.4) is 0 Å². The van der Waals surface area contributed by atoms with Gasteiger partial charge in [0.2, 0.25) is 0 Å². The summed E-state index contributed by atoms with van der Waals surface area (Å²) < 4.78 is 3.52. The minimum Gasteiger partial charge on any atom is -0.391 e. The van der Waals surface area contributed by atoms with Gasteiger partial charge >= 0.3 is 11.9 Å². The lowest BCUT2D eigenvalue weighted by atomic mass is 9.99. The zero-order valence-corrected chi connectivity index (χ0v) is 15.1. The van der Waals surface area contributed by atoms with Gasteiger partial charge in [-0.1, -0.05) is 42.1 Å². The molecule has 1 fully saturated rings. The van der Waals surface area contributed by atoms with Crippen LogP contribution in [0.1, 0.15) is 43.5 Å². The van der Waals surface area contributed by atoms with Gasteiger partial charge in [-0.05, 0) is 26.3 Å². The Morgan fingerprint density at radius 3 is 2.48 bits per heavy atom. The van der Waals surface area contributed by atoms with Crippen molar-refractivity contribution in [3.63, 3.8) is 0 Å². The monoisotopic (exact) mass is 363 g/mol. The zero-order valence-electron chi connectivity index (χ0n) is 14.2. The molecule has 0 aliphatic carbocycles. The summed E-state index contributed by atoms with van der Waals surface area (Å²) in [5, 5.41) is 2.63. The minimum absolute atomic E-state index is 0.231. The third-order valence-electron chi connectivity index (χ3n) is 3.93. The van der Waals surface area contributed by atoms with Crippen molar-refractivity contribution in [2.24, 2.45) is 0 Å². The molecule has 7 heteroatoms. The van der Waals surface area contributed by atoms with Gasteiger partial charge in [0.25, 0.3) is 0 Å². The molecule has 1 aromatic rings. The summed E-state index contributed by atoms with van der Waals surface area (Å²) in [5.74, 6) is -1.82. The maximum Gasteiger partial charge on any atom is 0.330 e. The van der Waals surface area contributed by atoms with E-state index in [1.807, 2.05) is 0 Å². The topological polar surface area (TPSA) is 89.5 Å². The van der Waals surface area contributed by atoms with E-state index in [1.54, 1.807) is 30.3 Å². The van der Waals surface area contributed by atoms with Crippen molar-refractivity contribution in [3.8, 4) is 0 Å². The van der Waals surface area contributed by atoms with Gasteiger partial charge in [0.15, 0.2) is 10.9 Å². The van der Waals surface area contributed by atoms with Gasteiger partial charge < -0.3 is 10.1 Å². The summed E-state index contributed by atoms with van der Waals surface area (Å²) in [6, 6.07) is 7.98. The summed E-state index contributed by atoms with van der Waals surface area (Å²) in [6.07, 6.45) is 1.21. The smallest absolute Gasteiger partial charge is 0.330 e. The van der Waals surface area contributed by atoms with Crippen molar-refractivity contribution in [2.75, 3.05) is 6.54 Å². The van der Waals surface area contributed by atoms with Crippen LogP contribution in [0.15, 0.2) is 30.3 Å². The zero-order chi connectivity index (χ0) is 18.4. The first-order valence-electron chi connectivity index (χ1n) is 8.09. The fourth-order valence-corrected chi connectivity index (χ4v) is 3.62. The molecular weight excluding hydrogens is 342 g/mol. The molecule has 1 N–H and O–H groups in total. The fraction of sp³-hybridized carbons (Fsp3) is 0.444. The number of ketones is 1. The number of rotatable bonds is 6. The van der Waals surface area contributed by atoms with E-state index in [-0.39, 0.29) is 17.3 Å². The summed E-state index contributed by atoms with van der Waals surface area (Å²) in [6.45, 7) is 3.46. The quantitative estimate of drug-likeness (QED) is 0.470. The maximum atomic E-state index is 12.5. The highest BCUT2D eigenvalue weighted by Gasteiger charge is 2.42. The maximum absolute atomic E-state index is 12.5. The Hall–Kier alpha value is -1.99. The molecule has 1 aliphatic heterocycles. The molecule has 0 bridgehead atoms. The average molecular weight is 363 g/mol. The Bertz CT molecular complexity index is 669. The van der Waals surface area contributed by atoms with E-state index in [2.05, 4.69) is 5.32 Å². The Labute approximate surface area is 150 Å². The Kier molecular flexibility index (Phi) is 6.50. The molecule has 1 saturated heterocycles. The molecule has 25 heavy (non-hydrogen) atoms. The summed E-state index contributed by atoms with van der Waals surface area (Å²) in [4.78, 5) is 48.6. The number of ether oxygens (including phenoxy) is 1. The van der Waals surface area contributed by atoms with E-state index in [9.17, 15) is 19.2 Å². The molecule has 0 spiro atoms. The van der Waals surface area contributed by atoms with E-state index >= 15 is 0 Å². The molecule has 1 unspecified atom stereocenters. The Morgan fingerprint density at radius 2 is 1.92 bits per heavy atom. The number of carbonyl (C=O) groups is 4. The van der Waals surface area contributed by atoms with Crippen molar-refractivity contribution in [1.29, 1.82) is 0 Å². The van der Waals surface area contributed by atoms with Crippen LogP contribution >= 0.6 is 11.8 Å². The highest BCUT2D eigenvalue weighted by Crippen LogP contribution is 2.32. The lowest BCUT2D eigenvalue weighted by Crippen LogP contribution is -2.42. The summed E-state index contributed by atoms with van der Waals surface area (Å²) >= 11 is 0.711. The van der Waals surface area contributed by atoms with Gasteiger partial charge in [0.1, 0.15) is 10.8 Å². The van der Waals surface area contributed by atoms with E-state index in [4.69, 9.17) is 4.74 Å². The lowest BCUT2D eigenvalue weighted by molar-refractivity contribution is -0.162. The lowest BCUT2D eigenvalue weighted by Gasteiger charge is -2.24. The molecule has 1 aromatic carbocycles. The van der Waals surface area contributed by atoms with Gasteiger partial charge in [-0.15, -0.1) is 0 Å². The van der Waals surface area contributed by atoms with Crippen molar-refractivity contribution in [1.82, 2.24) is 5.32 Å². The van der Waals surface area contributed by atoms with Crippen LogP contribution in [0.5, 0.6) is 0 Å². The van der Waals surface area contributed by atoms with Crippen LogP contribution < -0.4 is 5.32 Å². The van der Waals surface area contributed by atoms with E-state index in [0.29, 0.717) is 30.3 Å². The summed E-state index contributed by atoms with van der Waals surface area (Å²) in [5.41, 5.74) is 0.439. The first-order chi connectivity index (χ1) is 11.8. The van der Waals surface area contributed by atoms with Crippen LogP contribution in [0.25, 0.3) is 0 Å². The van der Waals surface area contributed by atoms with Gasteiger partial charge in [-0.3, -0.25) is 14.4 Å². The molecule has 2 atom stereocenters. The number of Topliss-reactive ketones (excluding diaryl/α,β-unsaturated/α-hetero) is 1. The third-order valence-corrected chi connectivity index (χ3v) is 4.98. The molecule has 134 valence electrons. The van der Waals surface area contributed by atoms with Crippen molar-refractivity contribution in [2.45, 2.75) is 43.9 Å². The van der Waals surface area contributed by atoms with E-state index in [0.717, 1.165) is 6.42 Å². The second kappa shape index (κ2) is 8.40. The minimum atomic E-state index is -1.45. The molecule has 0 radical (unpaired) electrons. The Balaban J connectivity index is 2.12. The first kappa shape index (κ1) is 19.3. The van der Waals surface area contributed by atoms with Gasteiger partial charge in [0, 0.05) is 18.9 Å².